The summed E-state index contributed by atoms with van der Waals surface area (Å²) in [6, 6.07) is 7.69. The van der Waals surface area contributed by atoms with Crippen LogP contribution < -0.4 is 9.97 Å². The first-order valence-corrected chi connectivity index (χ1v) is 14.7. The van der Waals surface area contributed by atoms with Crippen molar-refractivity contribution in [3.8, 4) is 0 Å². The third-order valence-electron chi connectivity index (χ3n) is 8.28. The van der Waals surface area contributed by atoms with Crippen LogP contribution in [0.3, 0.4) is 0 Å². The Labute approximate surface area is 272 Å². The maximum atomic E-state index is 11.5. The van der Waals surface area contributed by atoms with Crippen LogP contribution in [-0.2, 0) is 33.1 Å². The van der Waals surface area contributed by atoms with Gasteiger partial charge in [-0.2, -0.15) is 12.6 Å². The van der Waals surface area contributed by atoms with Gasteiger partial charge in [-0.1, -0.05) is 53.6 Å². The molecule has 2 aliphatic heterocycles. The Kier molecular flexibility index (Phi) is 9.78. The molecule has 10 heteroatoms. The Morgan fingerprint density at radius 2 is 1.34 bits per heavy atom. The minimum atomic E-state index is -0.897. The van der Waals surface area contributed by atoms with Crippen molar-refractivity contribution in [3.63, 3.8) is 0 Å². The number of hydrogen-bond donors (Lipinski definition) is 3. The molecule has 0 saturated heterocycles. The molecule has 0 aromatic carbocycles. The van der Waals surface area contributed by atoms with Gasteiger partial charge < -0.3 is 20.2 Å². The van der Waals surface area contributed by atoms with Gasteiger partial charge in [0.2, 0.25) is 0 Å². The number of carboxylic acid groups (broad SMARTS) is 2. The van der Waals surface area contributed by atoms with E-state index in [1.165, 1.54) is 0 Å². The van der Waals surface area contributed by atoms with Crippen molar-refractivity contribution in [3.05, 3.63) is 75.9 Å². The number of hydrogen-bond acceptors (Lipinski definition) is 5. The number of carbonyl (C=O) groups is 2. The van der Waals surface area contributed by atoms with E-state index in [-0.39, 0.29) is 35.2 Å². The summed E-state index contributed by atoms with van der Waals surface area (Å²) in [6.45, 7) is 14.0. The second-order valence-corrected chi connectivity index (χ2v) is 11.8. The van der Waals surface area contributed by atoms with E-state index >= 15 is 0 Å². The number of aryl methyl sites for hydroxylation is 3. The summed E-state index contributed by atoms with van der Waals surface area (Å²) < 4.78 is 0. The van der Waals surface area contributed by atoms with Crippen LogP contribution in [-0.4, -0.2) is 37.4 Å². The van der Waals surface area contributed by atoms with Crippen molar-refractivity contribution in [2.45, 2.75) is 65.6 Å². The van der Waals surface area contributed by atoms with Gasteiger partial charge in [-0.25, -0.2) is 9.97 Å². The Morgan fingerprint density at radius 1 is 0.818 bits per heavy atom. The van der Waals surface area contributed by atoms with Crippen molar-refractivity contribution in [2.24, 2.45) is 0 Å². The van der Waals surface area contributed by atoms with Crippen LogP contribution in [0.15, 0.2) is 30.8 Å². The molecule has 5 heterocycles. The van der Waals surface area contributed by atoms with Crippen LogP contribution in [0.2, 0.25) is 0 Å². The van der Waals surface area contributed by atoms with E-state index in [1.807, 2.05) is 58.9 Å². The van der Waals surface area contributed by atoms with E-state index in [9.17, 15) is 19.8 Å². The molecule has 0 amide bonds. The summed E-state index contributed by atoms with van der Waals surface area (Å²) in [5.74, 6) is -1.79. The van der Waals surface area contributed by atoms with Crippen LogP contribution in [0, 0.1) is 13.8 Å². The fourth-order valence-corrected chi connectivity index (χ4v) is 6.21. The standard InChI is InChI=1S/C34H36N4O4S.Fe/c1-7-21-16(2)26-14-31-34(20(6)43)19(5)27(38-31)12-24-17(3)22(8-10-32(39)40)29(36-24)15-30-23(9-11-33(41)42)18(4)25(37-30)13-28(21)35-26;/h7,12-15,20H,1,8-11H2,2-6H3,(H5,35,36,37,38,39,40,41,42,43);/q;+2/p-2/t20-;/m1./s1. The monoisotopic (exact) mass is 650 g/mol. The average Bonchev–Trinajstić information content (AvgIpc) is 3.59. The van der Waals surface area contributed by atoms with Gasteiger partial charge >= 0.3 is 29.0 Å². The van der Waals surface area contributed by atoms with E-state index in [0.29, 0.717) is 40.8 Å². The fraction of sp³-hybridized carbons (Fsp3) is 0.294. The summed E-state index contributed by atoms with van der Waals surface area (Å²) in [5.41, 5.74) is 12.9. The maximum absolute atomic E-state index is 11.5. The molecule has 0 fully saturated rings. The molecular weight excluding hydrogens is 616 g/mol. The number of thiol groups is 1. The minimum Gasteiger partial charge on any atom is -0.657 e. The SMILES string of the molecule is C=Cc1c(C)c2cc3nc(cc4[n-]c(cc5nc(cc1[n-]2)C(C)=C5CCC(=O)O)c(CCC(=O)O)c4C)C(C)=C3[C@@H](C)S.[Fe+2]. The predicted molar refractivity (Wildman–Crippen MR) is 175 cm³/mol. The van der Waals surface area contributed by atoms with Gasteiger partial charge in [0.25, 0.3) is 0 Å². The van der Waals surface area contributed by atoms with Gasteiger partial charge in [-0.3, -0.25) is 9.59 Å². The van der Waals surface area contributed by atoms with E-state index in [1.54, 1.807) is 6.08 Å². The Morgan fingerprint density at radius 3 is 1.98 bits per heavy atom. The van der Waals surface area contributed by atoms with Crippen molar-refractivity contribution in [1.82, 2.24) is 19.9 Å². The molecule has 0 saturated carbocycles. The third-order valence-corrected chi connectivity index (χ3v) is 8.54. The zero-order valence-electron chi connectivity index (χ0n) is 25.3. The number of aromatic nitrogens is 4. The molecular formula is C34H34FeN4O4S. The maximum Gasteiger partial charge on any atom is 2.00 e. The van der Waals surface area contributed by atoms with E-state index in [4.69, 9.17) is 32.6 Å². The second kappa shape index (κ2) is 13.0. The Balaban J connectivity index is 0.00000442. The molecule has 44 heavy (non-hydrogen) atoms. The van der Waals surface area contributed by atoms with Gasteiger partial charge in [-0.05, 0) is 75.3 Å². The number of carboxylic acids is 2. The number of fused-ring (bicyclic) bond motifs is 8. The molecule has 0 radical (unpaired) electrons. The second-order valence-electron chi connectivity index (χ2n) is 11.1. The van der Waals surface area contributed by atoms with Crippen molar-refractivity contribution in [2.75, 3.05) is 0 Å². The van der Waals surface area contributed by atoms with Crippen LogP contribution in [0.4, 0.5) is 0 Å². The van der Waals surface area contributed by atoms with E-state index in [2.05, 4.69) is 6.58 Å². The quantitative estimate of drug-likeness (QED) is 0.178. The molecule has 8 bridgehead atoms. The van der Waals surface area contributed by atoms with Crippen molar-refractivity contribution < 1.29 is 36.9 Å². The summed E-state index contributed by atoms with van der Waals surface area (Å²) in [4.78, 5) is 42.9. The Hall–Kier alpha value is -3.85. The van der Waals surface area contributed by atoms with Gasteiger partial charge in [0.15, 0.2) is 0 Å². The molecule has 5 rings (SSSR count). The zero-order chi connectivity index (χ0) is 31.2. The van der Waals surface area contributed by atoms with Gasteiger partial charge in [0.05, 0.1) is 22.8 Å². The summed E-state index contributed by atoms with van der Waals surface area (Å²) in [5, 5.41) is 18.8. The first-order chi connectivity index (χ1) is 20.4. The molecule has 2 aliphatic rings. The Bertz CT molecular complexity index is 1930. The van der Waals surface area contributed by atoms with Gasteiger partial charge in [0.1, 0.15) is 0 Å². The smallest absolute Gasteiger partial charge is 0.657 e. The van der Waals surface area contributed by atoms with Gasteiger partial charge in [-0.15, -0.1) is 22.1 Å². The average molecular weight is 651 g/mol. The number of rotatable bonds is 8. The third kappa shape index (κ3) is 6.20. The summed E-state index contributed by atoms with van der Waals surface area (Å²) in [7, 11) is 0. The van der Waals surface area contributed by atoms with Crippen LogP contribution >= 0.6 is 12.6 Å². The first-order valence-electron chi connectivity index (χ1n) is 14.2. The van der Waals surface area contributed by atoms with E-state index < -0.39 is 11.9 Å². The predicted octanol–water partition coefficient (Wildman–Crippen LogP) is 6.89. The topological polar surface area (TPSA) is 129 Å². The van der Waals surface area contributed by atoms with Crippen LogP contribution in [0.5, 0.6) is 0 Å². The number of aliphatic carboxylic acids is 2. The molecule has 228 valence electrons. The summed E-state index contributed by atoms with van der Waals surface area (Å²) >= 11 is 4.77. The molecule has 2 N–H and O–H groups in total. The minimum absolute atomic E-state index is 0. The molecule has 3 aromatic heterocycles. The molecule has 0 aliphatic carbocycles. The first kappa shape index (κ1) is 33.1. The molecule has 0 unspecified atom stereocenters. The normalized spacial score (nSPS) is 13.6. The molecule has 0 spiro atoms. The molecule has 3 aromatic rings. The van der Waals surface area contributed by atoms with Crippen molar-refractivity contribution in [1.29, 1.82) is 0 Å². The zero-order valence-corrected chi connectivity index (χ0v) is 27.3. The van der Waals surface area contributed by atoms with Crippen LogP contribution in [0.25, 0.3) is 50.4 Å². The number of nitrogens with zero attached hydrogens (tertiary/aromatic N) is 4. The summed E-state index contributed by atoms with van der Waals surface area (Å²) in [6.07, 6.45) is 2.28. The van der Waals surface area contributed by atoms with Crippen LogP contribution in [0.1, 0.15) is 85.1 Å². The van der Waals surface area contributed by atoms with E-state index in [0.717, 1.165) is 61.5 Å². The van der Waals surface area contributed by atoms with Gasteiger partial charge in [0, 0.05) is 18.1 Å². The fourth-order valence-electron chi connectivity index (χ4n) is 5.88. The number of allylic oxidation sites excluding steroid dienone is 3. The molecule has 1 atom stereocenters. The largest absolute Gasteiger partial charge is 2.00 e. The molecule has 8 nitrogen and oxygen atoms in total. The van der Waals surface area contributed by atoms with Crippen molar-refractivity contribution >= 4 is 75.0 Å².